The summed E-state index contributed by atoms with van der Waals surface area (Å²) in [5, 5.41) is 0. The molecule has 0 fully saturated rings. The van der Waals surface area contributed by atoms with Crippen molar-refractivity contribution in [2.75, 3.05) is 13.2 Å². The van der Waals surface area contributed by atoms with Gasteiger partial charge in [0.2, 0.25) is 0 Å². The molecule has 2 heteroatoms. The third-order valence-corrected chi connectivity index (χ3v) is 2.01. The van der Waals surface area contributed by atoms with Crippen molar-refractivity contribution in [3.63, 3.8) is 0 Å². The molecular weight excluding hydrogens is 162 g/mol. The van der Waals surface area contributed by atoms with E-state index in [-0.39, 0.29) is 0 Å². The van der Waals surface area contributed by atoms with Gasteiger partial charge in [0.15, 0.2) is 0 Å². The summed E-state index contributed by atoms with van der Waals surface area (Å²) < 4.78 is 5.24. The zero-order chi connectivity index (χ0) is 10.1. The molecule has 0 rings (SSSR count). The van der Waals surface area contributed by atoms with Gasteiger partial charge in [-0.1, -0.05) is 5.57 Å². The fourth-order valence-electron chi connectivity index (χ4n) is 1.17. The fraction of sp³-hybridized carbons (Fsp3) is 0.818. The molecule has 0 aliphatic carbocycles. The maximum absolute atomic E-state index is 5.91. The lowest BCUT2D eigenvalue weighted by atomic mass is 10.0. The Morgan fingerprint density at radius 1 is 1.46 bits per heavy atom. The molecule has 2 N–H and O–H groups in total. The van der Waals surface area contributed by atoms with Crippen molar-refractivity contribution in [1.82, 2.24) is 0 Å². The van der Waals surface area contributed by atoms with Crippen LogP contribution >= 0.6 is 0 Å². The van der Waals surface area contributed by atoms with E-state index in [1.54, 1.807) is 0 Å². The van der Waals surface area contributed by atoms with Crippen molar-refractivity contribution in [1.29, 1.82) is 0 Å². The highest BCUT2D eigenvalue weighted by atomic mass is 16.5. The number of nitrogens with two attached hydrogens (primary N) is 1. The number of hydrogen-bond donors (Lipinski definition) is 1. The molecule has 0 radical (unpaired) electrons. The van der Waals surface area contributed by atoms with E-state index in [1.807, 2.05) is 13.8 Å². The molecule has 0 saturated heterocycles. The second kappa shape index (κ2) is 8.27. The van der Waals surface area contributed by atoms with E-state index in [4.69, 9.17) is 10.5 Å². The van der Waals surface area contributed by atoms with Crippen LogP contribution in [0.4, 0.5) is 0 Å². The average Bonchev–Trinajstić information content (AvgIpc) is 2.09. The van der Waals surface area contributed by atoms with Gasteiger partial charge in [0.1, 0.15) is 0 Å². The van der Waals surface area contributed by atoms with E-state index in [0.717, 1.165) is 38.9 Å². The minimum Gasteiger partial charge on any atom is -0.382 e. The number of allylic oxidation sites excluding steroid dienone is 1. The van der Waals surface area contributed by atoms with E-state index in [9.17, 15) is 0 Å². The van der Waals surface area contributed by atoms with Gasteiger partial charge in [-0.3, -0.25) is 0 Å². The van der Waals surface area contributed by atoms with Crippen molar-refractivity contribution in [3.05, 3.63) is 12.2 Å². The Balaban J connectivity index is 3.19. The highest BCUT2D eigenvalue weighted by Crippen LogP contribution is 2.07. The molecule has 0 aromatic heterocycles. The Morgan fingerprint density at radius 2 is 2.15 bits per heavy atom. The van der Waals surface area contributed by atoms with Gasteiger partial charge in [-0.15, -0.1) is 6.58 Å². The molecule has 1 atom stereocenters. The monoisotopic (exact) mass is 185 g/mol. The van der Waals surface area contributed by atoms with Crippen molar-refractivity contribution >= 4 is 0 Å². The first-order chi connectivity index (χ1) is 6.16. The molecule has 0 heterocycles. The molecule has 0 aliphatic rings. The van der Waals surface area contributed by atoms with Crippen LogP contribution in [0.1, 0.15) is 39.5 Å². The first-order valence-corrected chi connectivity index (χ1v) is 5.14. The maximum Gasteiger partial charge on any atom is 0.0466 e. The third kappa shape index (κ3) is 9.57. The highest BCUT2D eigenvalue weighted by molar-refractivity contribution is 4.88. The fourth-order valence-corrected chi connectivity index (χ4v) is 1.17. The Labute approximate surface area is 82.2 Å². The van der Waals surface area contributed by atoms with Gasteiger partial charge < -0.3 is 10.5 Å². The average molecular weight is 185 g/mol. The molecule has 0 aromatic rings. The quantitative estimate of drug-likeness (QED) is 0.466. The summed E-state index contributed by atoms with van der Waals surface area (Å²) in [6.07, 6.45) is 4.25. The van der Waals surface area contributed by atoms with Crippen LogP contribution in [0.5, 0.6) is 0 Å². The zero-order valence-corrected chi connectivity index (χ0v) is 9.01. The van der Waals surface area contributed by atoms with Crippen LogP contribution in [0.3, 0.4) is 0 Å². The second-order valence-corrected chi connectivity index (χ2v) is 3.60. The minimum atomic E-state index is 0.317. The first kappa shape index (κ1) is 12.7. The Bertz CT molecular complexity index is 134. The molecular formula is C11H23NO. The molecule has 0 spiro atoms. The molecule has 0 bridgehead atoms. The van der Waals surface area contributed by atoms with Crippen molar-refractivity contribution in [2.45, 2.75) is 45.6 Å². The standard InChI is InChI=1S/C11H23NO/c1-4-13-9-5-6-11(12)8-7-10(2)3/h11H,2,4-9,12H2,1,3H3. The molecule has 0 saturated carbocycles. The van der Waals surface area contributed by atoms with Crippen LogP contribution in [-0.2, 0) is 4.74 Å². The minimum absolute atomic E-state index is 0.317. The predicted molar refractivity (Wildman–Crippen MR) is 57.8 cm³/mol. The lowest BCUT2D eigenvalue weighted by Crippen LogP contribution is -2.20. The van der Waals surface area contributed by atoms with E-state index in [1.165, 1.54) is 5.57 Å². The van der Waals surface area contributed by atoms with Crippen molar-refractivity contribution < 1.29 is 4.74 Å². The van der Waals surface area contributed by atoms with Crippen molar-refractivity contribution in [2.24, 2.45) is 5.73 Å². The lowest BCUT2D eigenvalue weighted by Gasteiger charge is -2.10. The number of hydrogen-bond acceptors (Lipinski definition) is 2. The zero-order valence-electron chi connectivity index (χ0n) is 9.01. The SMILES string of the molecule is C=C(C)CCC(N)CCCOCC. The van der Waals surface area contributed by atoms with Crippen LogP contribution in [-0.4, -0.2) is 19.3 Å². The topological polar surface area (TPSA) is 35.2 Å². The molecule has 2 nitrogen and oxygen atoms in total. The van der Waals surface area contributed by atoms with Gasteiger partial charge in [-0.2, -0.15) is 0 Å². The molecule has 0 amide bonds. The lowest BCUT2D eigenvalue weighted by molar-refractivity contribution is 0.141. The van der Waals surface area contributed by atoms with E-state index >= 15 is 0 Å². The van der Waals surface area contributed by atoms with Gasteiger partial charge in [-0.05, 0) is 39.5 Å². The largest absolute Gasteiger partial charge is 0.382 e. The van der Waals surface area contributed by atoms with Crippen molar-refractivity contribution in [3.8, 4) is 0 Å². The molecule has 13 heavy (non-hydrogen) atoms. The van der Waals surface area contributed by atoms with Crippen LogP contribution in [0.25, 0.3) is 0 Å². The van der Waals surface area contributed by atoms with E-state index < -0.39 is 0 Å². The molecule has 1 unspecified atom stereocenters. The summed E-state index contributed by atoms with van der Waals surface area (Å²) in [5.41, 5.74) is 7.13. The second-order valence-electron chi connectivity index (χ2n) is 3.60. The maximum atomic E-state index is 5.91. The highest BCUT2D eigenvalue weighted by Gasteiger charge is 2.01. The van der Waals surface area contributed by atoms with Crippen LogP contribution in [0, 0.1) is 0 Å². The summed E-state index contributed by atoms with van der Waals surface area (Å²) in [4.78, 5) is 0. The van der Waals surface area contributed by atoms with Gasteiger partial charge in [-0.25, -0.2) is 0 Å². The molecule has 78 valence electrons. The van der Waals surface area contributed by atoms with E-state index in [0.29, 0.717) is 6.04 Å². The predicted octanol–water partition coefficient (Wildman–Crippen LogP) is 2.49. The Hall–Kier alpha value is -0.340. The normalized spacial score (nSPS) is 12.8. The van der Waals surface area contributed by atoms with Crippen LogP contribution < -0.4 is 5.73 Å². The van der Waals surface area contributed by atoms with Crippen LogP contribution in [0.15, 0.2) is 12.2 Å². The number of ether oxygens (including phenoxy) is 1. The van der Waals surface area contributed by atoms with Gasteiger partial charge in [0, 0.05) is 19.3 Å². The Kier molecular flexibility index (Phi) is 8.05. The summed E-state index contributed by atoms with van der Waals surface area (Å²) >= 11 is 0. The Morgan fingerprint density at radius 3 is 2.69 bits per heavy atom. The number of rotatable bonds is 8. The molecule has 0 aromatic carbocycles. The molecule has 0 aliphatic heterocycles. The third-order valence-electron chi connectivity index (χ3n) is 2.01. The summed E-state index contributed by atoms with van der Waals surface area (Å²) in [6.45, 7) is 9.57. The summed E-state index contributed by atoms with van der Waals surface area (Å²) in [6, 6.07) is 0.317. The first-order valence-electron chi connectivity index (χ1n) is 5.14. The van der Waals surface area contributed by atoms with Gasteiger partial charge in [0.05, 0.1) is 0 Å². The van der Waals surface area contributed by atoms with Gasteiger partial charge >= 0.3 is 0 Å². The summed E-state index contributed by atoms with van der Waals surface area (Å²) in [5.74, 6) is 0. The van der Waals surface area contributed by atoms with Gasteiger partial charge in [0.25, 0.3) is 0 Å². The summed E-state index contributed by atoms with van der Waals surface area (Å²) in [7, 11) is 0. The smallest absolute Gasteiger partial charge is 0.0466 e. The van der Waals surface area contributed by atoms with Crippen LogP contribution in [0.2, 0.25) is 0 Å². The van der Waals surface area contributed by atoms with E-state index in [2.05, 4.69) is 6.58 Å².